The number of aryl methyl sites for hydroxylation is 1. The molecule has 0 bridgehead atoms. The fourth-order valence-electron chi connectivity index (χ4n) is 2.17. The van der Waals surface area contributed by atoms with Crippen molar-refractivity contribution in [3.8, 4) is 5.75 Å². The van der Waals surface area contributed by atoms with Gasteiger partial charge in [0.15, 0.2) is 11.9 Å². The Morgan fingerprint density at radius 2 is 1.96 bits per heavy atom. The van der Waals surface area contributed by atoms with Crippen molar-refractivity contribution in [2.24, 2.45) is 0 Å². The summed E-state index contributed by atoms with van der Waals surface area (Å²) in [5.74, 6) is 0.542. The molecule has 0 saturated heterocycles. The number of amides is 1. The maximum absolute atomic E-state index is 12.3. The van der Waals surface area contributed by atoms with Crippen LogP contribution in [0.2, 0.25) is 0 Å². The monoisotopic (exact) mass is 360 g/mol. The second kappa shape index (κ2) is 9.60. The minimum atomic E-state index is -0.917. The molecule has 1 heterocycles. The van der Waals surface area contributed by atoms with Gasteiger partial charge in [-0.05, 0) is 44.0 Å². The summed E-state index contributed by atoms with van der Waals surface area (Å²) in [5.41, 5.74) is 0.358. The van der Waals surface area contributed by atoms with Crippen LogP contribution in [0.5, 0.6) is 5.75 Å². The number of rotatable bonds is 9. The molecule has 0 unspecified atom stereocenters. The van der Waals surface area contributed by atoms with Crippen LogP contribution in [0.3, 0.4) is 0 Å². The zero-order valence-electron chi connectivity index (χ0n) is 15.3. The number of nitrogens with zero attached hydrogens (tertiary/aromatic N) is 1. The van der Waals surface area contributed by atoms with E-state index in [2.05, 4.69) is 17.4 Å². The van der Waals surface area contributed by atoms with Crippen molar-refractivity contribution in [1.29, 1.82) is 0 Å². The van der Waals surface area contributed by atoms with Gasteiger partial charge in [-0.1, -0.05) is 25.4 Å². The van der Waals surface area contributed by atoms with Crippen molar-refractivity contribution in [1.82, 2.24) is 5.16 Å². The van der Waals surface area contributed by atoms with Crippen LogP contribution < -0.4 is 10.1 Å². The van der Waals surface area contributed by atoms with E-state index in [4.69, 9.17) is 14.0 Å². The van der Waals surface area contributed by atoms with Crippen LogP contribution in [0.15, 0.2) is 34.9 Å². The molecule has 7 nitrogen and oxygen atoms in total. The summed E-state index contributed by atoms with van der Waals surface area (Å²) < 4.78 is 15.8. The van der Waals surface area contributed by atoms with Gasteiger partial charge in [0.2, 0.25) is 0 Å². The van der Waals surface area contributed by atoms with Gasteiger partial charge in [0.1, 0.15) is 11.5 Å². The van der Waals surface area contributed by atoms with Crippen molar-refractivity contribution in [2.75, 3.05) is 11.9 Å². The first-order valence-electron chi connectivity index (χ1n) is 8.71. The molecule has 0 aliphatic rings. The number of nitrogens with one attached hydrogen (secondary N) is 1. The number of ether oxygens (including phenoxy) is 2. The molecule has 2 aromatic rings. The van der Waals surface area contributed by atoms with Crippen LogP contribution >= 0.6 is 0 Å². The van der Waals surface area contributed by atoms with Gasteiger partial charge in [-0.3, -0.25) is 4.79 Å². The highest BCUT2D eigenvalue weighted by Gasteiger charge is 2.23. The Balaban J connectivity index is 1.92. The molecule has 1 N–H and O–H groups in total. The SMILES string of the molecule is CCCCOc1ccc(C(=O)O[C@@H](CC)C(=O)Nc2cc(C)on2)cc1. The maximum Gasteiger partial charge on any atom is 0.338 e. The van der Waals surface area contributed by atoms with E-state index in [-0.39, 0.29) is 5.82 Å². The Bertz CT molecular complexity index is 724. The summed E-state index contributed by atoms with van der Waals surface area (Å²) in [7, 11) is 0. The van der Waals surface area contributed by atoms with Crippen molar-refractivity contribution >= 4 is 17.7 Å². The van der Waals surface area contributed by atoms with Gasteiger partial charge < -0.3 is 19.3 Å². The van der Waals surface area contributed by atoms with Gasteiger partial charge in [-0.2, -0.15) is 0 Å². The van der Waals surface area contributed by atoms with E-state index >= 15 is 0 Å². The third-order valence-electron chi connectivity index (χ3n) is 3.65. The quantitative estimate of drug-likeness (QED) is 0.541. The van der Waals surface area contributed by atoms with E-state index in [1.165, 1.54) is 0 Å². The summed E-state index contributed by atoms with van der Waals surface area (Å²) in [6.07, 6.45) is 1.45. The Hall–Kier alpha value is -2.83. The number of hydrogen-bond donors (Lipinski definition) is 1. The normalized spacial score (nSPS) is 11.7. The van der Waals surface area contributed by atoms with E-state index < -0.39 is 18.0 Å². The summed E-state index contributed by atoms with van der Waals surface area (Å²) in [5, 5.41) is 6.26. The van der Waals surface area contributed by atoms with E-state index in [0.29, 0.717) is 30.1 Å². The van der Waals surface area contributed by atoms with Crippen LogP contribution in [0.1, 0.15) is 49.2 Å². The number of carbonyl (C=O) groups excluding carboxylic acids is 2. The summed E-state index contributed by atoms with van der Waals surface area (Å²) >= 11 is 0. The number of benzene rings is 1. The molecule has 0 aliphatic carbocycles. The minimum Gasteiger partial charge on any atom is -0.494 e. The van der Waals surface area contributed by atoms with Crippen LogP contribution in [0.25, 0.3) is 0 Å². The van der Waals surface area contributed by atoms with Crippen LogP contribution in [0.4, 0.5) is 5.82 Å². The maximum atomic E-state index is 12.3. The zero-order valence-corrected chi connectivity index (χ0v) is 15.3. The molecule has 0 fully saturated rings. The lowest BCUT2D eigenvalue weighted by Crippen LogP contribution is -2.32. The fraction of sp³-hybridized carbons (Fsp3) is 0.421. The van der Waals surface area contributed by atoms with Gasteiger partial charge in [0.25, 0.3) is 5.91 Å². The molecule has 2 rings (SSSR count). The van der Waals surface area contributed by atoms with Crippen LogP contribution in [0, 0.1) is 6.92 Å². The molecule has 0 spiro atoms. The van der Waals surface area contributed by atoms with Crippen molar-refractivity contribution < 1.29 is 23.6 Å². The average Bonchev–Trinajstić information content (AvgIpc) is 3.04. The summed E-state index contributed by atoms with van der Waals surface area (Å²) in [6, 6.07) is 8.26. The standard InChI is InChI=1S/C19H24N2O5/c1-4-6-11-24-15-9-7-14(8-10-15)19(23)25-16(5-2)18(22)20-17-12-13(3)26-21-17/h7-10,12,16H,4-6,11H2,1-3H3,(H,20,21,22)/t16-/m0/s1. The number of unbranched alkanes of at least 4 members (excludes halogenated alkanes) is 1. The summed E-state index contributed by atoms with van der Waals surface area (Å²) in [6.45, 7) is 6.21. The molecule has 26 heavy (non-hydrogen) atoms. The number of esters is 1. The number of hydrogen-bond acceptors (Lipinski definition) is 6. The fourth-order valence-corrected chi connectivity index (χ4v) is 2.17. The van der Waals surface area contributed by atoms with Gasteiger partial charge in [0.05, 0.1) is 12.2 Å². The van der Waals surface area contributed by atoms with E-state index in [1.54, 1.807) is 44.2 Å². The first-order valence-corrected chi connectivity index (χ1v) is 8.71. The molecule has 140 valence electrons. The molecule has 7 heteroatoms. The highest BCUT2D eigenvalue weighted by Crippen LogP contribution is 2.15. The Kier molecular flexibility index (Phi) is 7.20. The molecule has 0 aliphatic heterocycles. The van der Waals surface area contributed by atoms with E-state index in [9.17, 15) is 9.59 Å². The third-order valence-corrected chi connectivity index (χ3v) is 3.65. The Morgan fingerprint density at radius 1 is 1.23 bits per heavy atom. The van der Waals surface area contributed by atoms with Crippen LogP contribution in [-0.4, -0.2) is 29.7 Å². The molecule has 1 atom stereocenters. The van der Waals surface area contributed by atoms with Crippen molar-refractivity contribution in [3.63, 3.8) is 0 Å². The molecule has 0 radical (unpaired) electrons. The molecule has 1 amide bonds. The molecule has 0 saturated carbocycles. The Morgan fingerprint density at radius 3 is 2.54 bits per heavy atom. The lowest BCUT2D eigenvalue weighted by molar-refractivity contribution is -0.124. The van der Waals surface area contributed by atoms with E-state index in [0.717, 1.165) is 12.8 Å². The predicted molar refractivity (Wildman–Crippen MR) is 96.2 cm³/mol. The average molecular weight is 360 g/mol. The van der Waals surface area contributed by atoms with Gasteiger partial charge in [-0.25, -0.2) is 4.79 Å². The van der Waals surface area contributed by atoms with Crippen LogP contribution in [-0.2, 0) is 9.53 Å². The lowest BCUT2D eigenvalue weighted by Gasteiger charge is -2.15. The second-order valence-electron chi connectivity index (χ2n) is 5.84. The molecule has 1 aromatic carbocycles. The number of anilines is 1. The molecular weight excluding hydrogens is 336 g/mol. The van der Waals surface area contributed by atoms with Crippen molar-refractivity contribution in [3.05, 3.63) is 41.7 Å². The molecule has 1 aromatic heterocycles. The number of carbonyl (C=O) groups is 2. The topological polar surface area (TPSA) is 90.7 Å². The summed E-state index contributed by atoms with van der Waals surface area (Å²) in [4.78, 5) is 24.5. The third kappa shape index (κ3) is 5.61. The second-order valence-corrected chi connectivity index (χ2v) is 5.84. The largest absolute Gasteiger partial charge is 0.494 e. The minimum absolute atomic E-state index is 0.288. The first kappa shape index (κ1) is 19.5. The first-order chi connectivity index (χ1) is 12.5. The zero-order chi connectivity index (χ0) is 18.9. The predicted octanol–water partition coefficient (Wildman–Crippen LogP) is 3.74. The van der Waals surface area contributed by atoms with Gasteiger partial charge >= 0.3 is 5.97 Å². The van der Waals surface area contributed by atoms with Gasteiger partial charge in [0, 0.05) is 6.07 Å². The molecular formula is C19H24N2O5. The highest BCUT2D eigenvalue weighted by atomic mass is 16.5. The highest BCUT2D eigenvalue weighted by molar-refractivity contribution is 5.97. The smallest absolute Gasteiger partial charge is 0.338 e. The van der Waals surface area contributed by atoms with Crippen molar-refractivity contribution in [2.45, 2.75) is 46.1 Å². The van der Waals surface area contributed by atoms with Gasteiger partial charge in [-0.15, -0.1) is 0 Å². The van der Waals surface area contributed by atoms with E-state index in [1.807, 2.05) is 0 Å². The lowest BCUT2D eigenvalue weighted by atomic mass is 10.2. The number of aromatic nitrogens is 1. The Labute approximate surface area is 152 Å².